The minimum atomic E-state index is -0.794. The van der Waals surface area contributed by atoms with Crippen LogP contribution in [0, 0.1) is 13.8 Å². The lowest BCUT2D eigenvalue weighted by Crippen LogP contribution is -1.97. The Balaban J connectivity index is 2.23. The van der Waals surface area contributed by atoms with Crippen LogP contribution in [-0.2, 0) is 11.2 Å². The fourth-order valence-electron chi connectivity index (χ4n) is 1.88. The first-order valence-electron chi connectivity index (χ1n) is 5.90. The molecule has 0 fully saturated rings. The normalized spacial score (nSPS) is 10.6. The second-order valence-electron chi connectivity index (χ2n) is 4.49. The van der Waals surface area contributed by atoms with Crippen LogP contribution in [0.15, 0.2) is 24.3 Å². The van der Waals surface area contributed by atoms with Crippen molar-refractivity contribution < 1.29 is 9.90 Å². The van der Waals surface area contributed by atoms with Gasteiger partial charge >= 0.3 is 5.97 Å². The Morgan fingerprint density at radius 2 is 2.11 bits per heavy atom. The van der Waals surface area contributed by atoms with Crippen LogP contribution >= 0.6 is 0 Å². The fraction of sp³-hybridized carbons (Fsp3) is 0.286. The summed E-state index contributed by atoms with van der Waals surface area (Å²) in [7, 11) is 0. The van der Waals surface area contributed by atoms with E-state index in [1.165, 1.54) is 5.56 Å². The van der Waals surface area contributed by atoms with Gasteiger partial charge in [0.1, 0.15) is 0 Å². The van der Waals surface area contributed by atoms with Gasteiger partial charge in [-0.05, 0) is 38.0 Å². The van der Waals surface area contributed by atoms with Crippen molar-refractivity contribution >= 4 is 5.97 Å². The number of hydrogen-bond acceptors (Lipinski definition) is 2. The van der Waals surface area contributed by atoms with E-state index in [4.69, 9.17) is 5.11 Å². The molecular formula is C14H16N2O2. The van der Waals surface area contributed by atoms with Crippen LogP contribution in [0.4, 0.5) is 0 Å². The van der Waals surface area contributed by atoms with Crippen molar-refractivity contribution in [1.29, 1.82) is 0 Å². The van der Waals surface area contributed by atoms with Crippen molar-refractivity contribution in [3.8, 4) is 11.3 Å². The van der Waals surface area contributed by atoms with Crippen molar-refractivity contribution in [3.63, 3.8) is 0 Å². The molecule has 4 heteroatoms. The molecule has 1 heterocycles. The monoisotopic (exact) mass is 244 g/mol. The quantitative estimate of drug-likeness (QED) is 0.869. The van der Waals surface area contributed by atoms with Gasteiger partial charge in [-0.3, -0.25) is 9.89 Å². The number of rotatable bonds is 4. The SMILES string of the molecule is Cc1ccc(C)c(-c2cc(CCC(=O)O)[nH]n2)c1. The Morgan fingerprint density at radius 1 is 1.33 bits per heavy atom. The van der Waals surface area contributed by atoms with E-state index in [1.54, 1.807) is 0 Å². The van der Waals surface area contributed by atoms with E-state index in [-0.39, 0.29) is 6.42 Å². The maximum absolute atomic E-state index is 10.5. The molecule has 0 saturated carbocycles. The van der Waals surface area contributed by atoms with Gasteiger partial charge in [0.2, 0.25) is 0 Å². The molecule has 0 aliphatic rings. The molecular weight excluding hydrogens is 228 g/mol. The van der Waals surface area contributed by atoms with Crippen molar-refractivity contribution in [3.05, 3.63) is 41.1 Å². The van der Waals surface area contributed by atoms with Gasteiger partial charge in [0.05, 0.1) is 12.1 Å². The third-order valence-corrected chi connectivity index (χ3v) is 2.91. The number of nitrogens with one attached hydrogen (secondary N) is 1. The smallest absolute Gasteiger partial charge is 0.303 e. The summed E-state index contributed by atoms with van der Waals surface area (Å²) in [5.74, 6) is -0.794. The molecule has 2 N–H and O–H groups in total. The number of carboxylic acids is 1. The van der Waals surface area contributed by atoms with Crippen molar-refractivity contribution in [2.24, 2.45) is 0 Å². The van der Waals surface area contributed by atoms with Gasteiger partial charge in [0.15, 0.2) is 0 Å². The maximum atomic E-state index is 10.5. The summed E-state index contributed by atoms with van der Waals surface area (Å²) in [5.41, 5.74) is 5.17. The number of aryl methyl sites for hydroxylation is 3. The summed E-state index contributed by atoms with van der Waals surface area (Å²) in [6.45, 7) is 4.08. The predicted molar refractivity (Wildman–Crippen MR) is 69.5 cm³/mol. The number of carbonyl (C=O) groups is 1. The Morgan fingerprint density at radius 3 is 2.83 bits per heavy atom. The lowest BCUT2D eigenvalue weighted by Gasteiger charge is -2.03. The summed E-state index contributed by atoms with van der Waals surface area (Å²) in [5, 5.41) is 15.8. The van der Waals surface area contributed by atoms with E-state index >= 15 is 0 Å². The first kappa shape index (κ1) is 12.4. The molecule has 0 aliphatic carbocycles. The molecule has 0 aliphatic heterocycles. The Hall–Kier alpha value is -2.10. The average Bonchev–Trinajstić information content (AvgIpc) is 2.78. The van der Waals surface area contributed by atoms with Crippen LogP contribution < -0.4 is 0 Å². The van der Waals surface area contributed by atoms with Gasteiger partial charge in [-0.1, -0.05) is 17.7 Å². The van der Waals surface area contributed by atoms with Crippen LogP contribution in [0.5, 0.6) is 0 Å². The average molecular weight is 244 g/mol. The fourth-order valence-corrected chi connectivity index (χ4v) is 1.88. The van der Waals surface area contributed by atoms with E-state index in [2.05, 4.69) is 28.4 Å². The number of aromatic amines is 1. The zero-order chi connectivity index (χ0) is 13.1. The predicted octanol–water partition coefficient (Wildman–Crippen LogP) is 2.71. The van der Waals surface area contributed by atoms with Crippen LogP contribution in [0.3, 0.4) is 0 Å². The van der Waals surface area contributed by atoms with E-state index in [9.17, 15) is 4.79 Å². The standard InChI is InChI=1S/C14H16N2O2/c1-9-3-4-10(2)12(7-9)13-8-11(15-16-13)5-6-14(17)18/h3-4,7-8H,5-6H2,1-2H3,(H,15,16)(H,17,18). The van der Waals surface area contributed by atoms with Crippen LogP contribution in [0.1, 0.15) is 23.2 Å². The van der Waals surface area contributed by atoms with Crippen molar-refractivity contribution in [2.75, 3.05) is 0 Å². The number of H-pyrrole nitrogens is 1. The zero-order valence-corrected chi connectivity index (χ0v) is 10.5. The third-order valence-electron chi connectivity index (χ3n) is 2.91. The molecule has 0 spiro atoms. The highest BCUT2D eigenvalue weighted by Crippen LogP contribution is 2.23. The topological polar surface area (TPSA) is 66.0 Å². The minimum Gasteiger partial charge on any atom is -0.481 e. The summed E-state index contributed by atoms with van der Waals surface area (Å²) in [6, 6.07) is 8.14. The number of carboxylic acid groups (broad SMARTS) is 1. The molecule has 18 heavy (non-hydrogen) atoms. The highest BCUT2D eigenvalue weighted by atomic mass is 16.4. The van der Waals surface area contributed by atoms with Crippen LogP contribution in [-0.4, -0.2) is 21.3 Å². The summed E-state index contributed by atoms with van der Waals surface area (Å²) >= 11 is 0. The van der Waals surface area contributed by atoms with E-state index < -0.39 is 5.97 Å². The van der Waals surface area contributed by atoms with Gasteiger partial charge in [0.25, 0.3) is 0 Å². The van der Waals surface area contributed by atoms with Crippen molar-refractivity contribution in [1.82, 2.24) is 10.2 Å². The number of aliphatic carboxylic acids is 1. The van der Waals surface area contributed by atoms with E-state index in [0.717, 1.165) is 22.5 Å². The second-order valence-corrected chi connectivity index (χ2v) is 4.49. The summed E-state index contributed by atoms with van der Waals surface area (Å²) in [4.78, 5) is 10.5. The number of nitrogens with zero attached hydrogens (tertiary/aromatic N) is 1. The minimum absolute atomic E-state index is 0.119. The molecule has 0 bridgehead atoms. The molecule has 0 radical (unpaired) electrons. The molecule has 94 valence electrons. The Bertz CT molecular complexity index is 573. The number of aromatic nitrogens is 2. The molecule has 0 unspecified atom stereocenters. The van der Waals surface area contributed by atoms with Crippen molar-refractivity contribution in [2.45, 2.75) is 26.7 Å². The lowest BCUT2D eigenvalue weighted by molar-refractivity contribution is -0.136. The molecule has 4 nitrogen and oxygen atoms in total. The number of benzene rings is 1. The maximum Gasteiger partial charge on any atom is 0.303 e. The molecule has 0 saturated heterocycles. The van der Waals surface area contributed by atoms with Gasteiger partial charge in [0, 0.05) is 11.3 Å². The largest absolute Gasteiger partial charge is 0.481 e. The number of hydrogen-bond donors (Lipinski definition) is 2. The van der Waals surface area contributed by atoms with Crippen LogP contribution in [0.2, 0.25) is 0 Å². The first-order valence-corrected chi connectivity index (χ1v) is 5.90. The van der Waals surface area contributed by atoms with Crippen LogP contribution in [0.25, 0.3) is 11.3 Å². The molecule has 0 atom stereocenters. The lowest BCUT2D eigenvalue weighted by atomic mass is 10.0. The Labute approximate surface area is 106 Å². The van der Waals surface area contributed by atoms with E-state index in [1.807, 2.05) is 19.9 Å². The van der Waals surface area contributed by atoms with Gasteiger partial charge in [-0.25, -0.2) is 0 Å². The van der Waals surface area contributed by atoms with Gasteiger partial charge in [-0.15, -0.1) is 0 Å². The van der Waals surface area contributed by atoms with E-state index in [0.29, 0.717) is 6.42 Å². The third kappa shape index (κ3) is 2.77. The summed E-state index contributed by atoms with van der Waals surface area (Å²) < 4.78 is 0. The van der Waals surface area contributed by atoms with Gasteiger partial charge in [-0.2, -0.15) is 5.10 Å². The molecule has 1 aromatic carbocycles. The molecule has 1 aromatic heterocycles. The highest BCUT2D eigenvalue weighted by Gasteiger charge is 2.08. The highest BCUT2D eigenvalue weighted by molar-refractivity contribution is 5.67. The molecule has 0 amide bonds. The summed E-state index contributed by atoms with van der Waals surface area (Å²) in [6.07, 6.45) is 0.599. The zero-order valence-electron chi connectivity index (χ0n) is 10.5. The molecule has 2 rings (SSSR count). The second kappa shape index (κ2) is 5.04. The Kier molecular flexibility index (Phi) is 3.46. The first-order chi connectivity index (χ1) is 8.56. The van der Waals surface area contributed by atoms with Gasteiger partial charge < -0.3 is 5.11 Å². The molecule has 2 aromatic rings.